The molecule has 0 radical (unpaired) electrons. The summed E-state index contributed by atoms with van der Waals surface area (Å²) in [5.41, 5.74) is 2.58. The molecule has 0 saturated heterocycles. The number of carbonyl (C=O) groups excluding carboxylic acids is 2. The molecular formula is C20H22N2O3. The SMILES string of the molecule is CNC(=O)Cc1ccccc1NC(=O)C[C@H]1CCOc2ccccc21. The normalized spacial score (nSPS) is 15.6. The lowest BCUT2D eigenvalue weighted by molar-refractivity contribution is -0.120. The number of carbonyl (C=O) groups is 2. The zero-order valence-electron chi connectivity index (χ0n) is 14.2. The molecule has 3 rings (SSSR count). The summed E-state index contributed by atoms with van der Waals surface area (Å²) in [5, 5.41) is 5.56. The first-order chi connectivity index (χ1) is 12.2. The van der Waals surface area contributed by atoms with E-state index >= 15 is 0 Å². The number of hydrogen-bond donors (Lipinski definition) is 2. The van der Waals surface area contributed by atoms with Crippen LogP contribution in [0.1, 0.15) is 29.9 Å². The second-order valence-electron chi connectivity index (χ2n) is 6.13. The predicted molar refractivity (Wildman–Crippen MR) is 96.8 cm³/mol. The fourth-order valence-electron chi connectivity index (χ4n) is 3.11. The minimum atomic E-state index is -0.0833. The summed E-state index contributed by atoms with van der Waals surface area (Å²) in [6, 6.07) is 15.3. The van der Waals surface area contributed by atoms with Gasteiger partial charge in [-0.25, -0.2) is 0 Å². The molecule has 2 amide bonds. The molecule has 2 aromatic carbocycles. The fourth-order valence-corrected chi connectivity index (χ4v) is 3.11. The van der Waals surface area contributed by atoms with E-state index in [0.29, 0.717) is 18.7 Å². The summed E-state index contributed by atoms with van der Waals surface area (Å²) in [7, 11) is 1.60. The molecule has 25 heavy (non-hydrogen) atoms. The maximum Gasteiger partial charge on any atom is 0.224 e. The first-order valence-electron chi connectivity index (χ1n) is 8.47. The fraction of sp³-hybridized carbons (Fsp3) is 0.300. The Bertz CT molecular complexity index is 773. The van der Waals surface area contributed by atoms with Crippen molar-refractivity contribution in [2.75, 3.05) is 19.0 Å². The van der Waals surface area contributed by atoms with Crippen molar-refractivity contribution in [3.05, 3.63) is 59.7 Å². The van der Waals surface area contributed by atoms with Crippen LogP contribution in [0.15, 0.2) is 48.5 Å². The Morgan fingerprint density at radius 2 is 1.84 bits per heavy atom. The van der Waals surface area contributed by atoms with Crippen LogP contribution in [-0.2, 0) is 16.0 Å². The lowest BCUT2D eigenvalue weighted by Crippen LogP contribution is -2.23. The molecule has 0 spiro atoms. The van der Waals surface area contributed by atoms with Crippen LogP contribution >= 0.6 is 0 Å². The van der Waals surface area contributed by atoms with Crippen molar-refractivity contribution in [3.8, 4) is 5.75 Å². The van der Waals surface area contributed by atoms with Crippen molar-refractivity contribution in [1.82, 2.24) is 5.32 Å². The van der Waals surface area contributed by atoms with E-state index < -0.39 is 0 Å². The molecule has 1 aliphatic heterocycles. The van der Waals surface area contributed by atoms with Gasteiger partial charge in [0.15, 0.2) is 0 Å². The van der Waals surface area contributed by atoms with Gasteiger partial charge in [0.25, 0.3) is 0 Å². The van der Waals surface area contributed by atoms with Crippen LogP contribution < -0.4 is 15.4 Å². The molecule has 130 valence electrons. The Hall–Kier alpha value is -2.82. The van der Waals surface area contributed by atoms with Gasteiger partial charge in [0.05, 0.1) is 13.0 Å². The minimum absolute atomic E-state index is 0.0499. The topological polar surface area (TPSA) is 67.4 Å². The van der Waals surface area contributed by atoms with Crippen molar-refractivity contribution in [3.63, 3.8) is 0 Å². The standard InChI is InChI=1S/C20H22N2O3/c1-21-19(23)13-15-6-2-4-8-17(15)22-20(24)12-14-10-11-25-18-9-5-3-7-16(14)18/h2-9,14H,10-13H2,1H3,(H,21,23)(H,22,24)/t14-/m1/s1. The molecular weight excluding hydrogens is 316 g/mol. The highest BCUT2D eigenvalue weighted by molar-refractivity contribution is 5.93. The molecule has 0 unspecified atom stereocenters. The van der Waals surface area contributed by atoms with Gasteiger partial charge >= 0.3 is 0 Å². The molecule has 0 fully saturated rings. The Balaban J connectivity index is 1.69. The van der Waals surface area contributed by atoms with E-state index in [2.05, 4.69) is 10.6 Å². The van der Waals surface area contributed by atoms with E-state index in [4.69, 9.17) is 4.74 Å². The van der Waals surface area contributed by atoms with E-state index in [9.17, 15) is 9.59 Å². The van der Waals surface area contributed by atoms with Gasteiger partial charge in [0, 0.05) is 19.2 Å². The van der Waals surface area contributed by atoms with Gasteiger partial charge < -0.3 is 15.4 Å². The van der Waals surface area contributed by atoms with Crippen molar-refractivity contribution in [2.45, 2.75) is 25.2 Å². The van der Waals surface area contributed by atoms with E-state index in [-0.39, 0.29) is 24.2 Å². The highest BCUT2D eigenvalue weighted by Gasteiger charge is 2.23. The summed E-state index contributed by atoms with van der Waals surface area (Å²) >= 11 is 0. The van der Waals surface area contributed by atoms with E-state index in [1.54, 1.807) is 7.05 Å². The third-order valence-corrected chi connectivity index (χ3v) is 4.44. The van der Waals surface area contributed by atoms with Crippen molar-refractivity contribution < 1.29 is 14.3 Å². The zero-order valence-corrected chi connectivity index (χ0v) is 14.2. The molecule has 0 saturated carbocycles. The largest absolute Gasteiger partial charge is 0.493 e. The lowest BCUT2D eigenvalue weighted by atomic mass is 9.90. The number of hydrogen-bond acceptors (Lipinski definition) is 3. The Kier molecular flexibility index (Phi) is 5.33. The van der Waals surface area contributed by atoms with Crippen LogP contribution in [-0.4, -0.2) is 25.5 Å². The molecule has 1 heterocycles. The number of benzene rings is 2. The summed E-state index contributed by atoms with van der Waals surface area (Å²) in [6.45, 7) is 0.627. The molecule has 5 heteroatoms. The number of likely N-dealkylation sites (N-methyl/N-ethyl adjacent to an activating group) is 1. The molecule has 1 atom stereocenters. The molecule has 2 aromatic rings. The summed E-state index contributed by atoms with van der Waals surface area (Å²) in [4.78, 5) is 24.2. The van der Waals surface area contributed by atoms with Crippen molar-refractivity contribution in [2.24, 2.45) is 0 Å². The summed E-state index contributed by atoms with van der Waals surface area (Å²) < 4.78 is 5.65. The first-order valence-corrected chi connectivity index (χ1v) is 8.47. The van der Waals surface area contributed by atoms with Crippen LogP contribution in [0.4, 0.5) is 5.69 Å². The number of para-hydroxylation sites is 2. The van der Waals surface area contributed by atoms with Crippen LogP contribution in [0.2, 0.25) is 0 Å². The Labute approximate surface area is 147 Å². The summed E-state index contributed by atoms with van der Waals surface area (Å²) in [6.07, 6.45) is 1.46. The average molecular weight is 338 g/mol. The lowest BCUT2D eigenvalue weighted by Gasteiger charge is -2.25. The molecule has 0 aliphatic carbocycles. The highest BCUT2D eigenvalue weighted by atomic mass is 16.5. The molecule has 0 bridgehead atoms. The molecule has 5 nitrogen and oxygen atoms in total. The van der Waals surface area contributed by atoms with Crippen LogP contribution in [0.25, 0.3) is 0 Å². The number of fused-ring (bicyclic) bond motifs is 1. The zero-order chi connectivity index (χ0) is 17.6. The number of nitrogens with one attached hydrogen (secondary N) is 2. The van der Waals surface area contributed by atoms with Gasteiger partial charge in [-0.15, -0.1) is 0 Å². The first kappa shape index (κ1) is 17.0. The van der Waals surface area contributed by atoms with Crippen LogP contribution in [0.3, 0.4) is 0 Å². The highest BCUT2D eigenvalue weighted by Crippen LogP contribution is 2.35. The minimum Gasteiger partial charge on any atom is -0.493 e. The number of rotatable bonds is 5. The van der Waals surface area contributed by atoms with Gasteiger partial charge in [-0.05, 0) is 35.6 Å². The Morgan fingerprint density at radius 1 is 1.08 bits per heavy atom. The summed E-state index contributed by atoms with van der Waals surface area (Å²) in [5.74, 6) is 0.883. The quantitative estimate of drug-likeness (QED) is 0.881. The second kappa shape index (κ2) is 7.83. The third kappa shape index (κ3) is 4.18. The van der Waals surface area contributed by atoms with Gasteiger partial charge in [0.2, 0.25) is 11.8 Å². The van der Waals surface area contributed by atoms with Gasteiger partial charge in [0.1, 0.15) is 5.75 Å². The molecule has 0 aromatic heterocycles. The maximum atomic E-state index is 12.5. The van der Waals surface area contributed by atoms with E-state index in [1.165, 1.54) is 0 Å². The maximum absolute atomic E-state index is 12.5. The molecule has 2 N–H and O–H groups in total. The van der Waals surface area contributed by atoms with E-state index in [1.807, 2.05) is 48.5 Å². The predicted octanol–water partition coefficient (Wildman–Crippen LogP) is 2.87. The van der Waals surface area contributed by atoms with Gasteiger partial charge in [-0.2, -0.15) is 0 Å². The van der Waals surface area contributed by atoms with E-state index in [0.717, 1.165) is 23.3 Å². The van der Waals surface area contributed by atoms with Crippen LogP contribution in [0.5, 0.6) is 5.75 Å². The van der Waals surface area contributed by atoms with Crippen molar-refractivity contribution in [1.29, 1.82) is 0 Å². The second-order valence-corrected chi connectivity index (χ2v) is 6.13. The number of anilines is 1. The Morgan fingerprint density at radius 3 is 2.68 bits per heavy atom. The number of ether oxygens (including phenoxy) is 1. The van der Waals surface area contributed by atoms with Crippen LogP contribution in [0, 0.1) is 0 Å². The van der Waals surface area contributed by atoms with Crippen molar-refractivity contribution >= 4 is 17.5 Å². The van der Waals surface area contributed by atoms with Gasteiger partial charge in [-0.1, -0.05) is 36.4 Å². The number of amides is 2. The molecule has 1 aliphatic rings. The van der Waals surface area contributed by atoms with Gasteiger partial charge in [-0.3, -0.25) is 9.59 Å². The monoisotopic (exact) mass is 338 g/mol. The smallest absolute Gasteiger partial charge is 0.224 e. The average Bonchev–Trinajstić information content (AvgIpc) is 2.63. The third-order valence-electron chi connectivity index (χ3n) is 4.44.